The van der Waals surface area contributed by atoms with Gasteiger partial charge in [0, 0.05) is 24.4 Å². The highest BCUT2D eigenvalue weighted by Crippen LogP contribution is 2.37. The van der Waals surface area contributed by atoms with Gasteiger partial charge in [0.1, 0.15) is 11.4 Å². The zero-order valence-corrected chi connectivity index (χ0v) is 11.4. The molecule has 0 bridgehead atoms. The molecule has 1 aromatic heterocycles. The Balaban J connectivity index is 2.08. The Hall–Kier alpha value is -2.36. The van der Waals surface area contributed by atoms with Gasteiger partial charge in [-0.3, -0.25) is 4.98 Å². The lowest BCUT2D eigenvalue weighted by Gasteiger charge is -2.16. The zero-order valence-electron chi connectivity index (χ0n) is 11.4. The third kappa shape index (κ3) is 2.13. The second-order valence-corrected chi connectivity index (χ2v) is 5.59. The number of hydrogen-bond acceptors (Lipinski definition) is 3. The molecule has 20 heavy (non-hydrogen) atoms. The lowest BCUT2D eigenvalue weighted by Crippen LogP contribution is -2.24. The van der Waals surface area contributed by atoms with Gasteiger partial charge in [-0.15, -0.1) is 0 Å². The van der Waals surface area contributed by atoms with Crippen molar-refractivity contribution in [3.63, 3.8) is 0 Å². The molecular weight excluding hydrogens is 254 g/mol. The number of aromatic nitrogens is 1. The standard InChI is InChI=1S/C16H15NO3/c1-16(2)8-11-7-10(3-4-14(11)20-16)13-9-17-6-5-12(13)15(18)19/h3-7,9H,8H2,1-2H3,(H,18,19). The molecule has 4 nitrogen and oxygen atoms in total. The molecule has 0 unspecified atom stereocenters. The van der Waals surface area contributed by atoms with E-state index in [1.807, 2.05) is 32.0 Å². The molecule has 0 fully saturated rings. The fraction of sp³-hybridized carbons (Fsp3) is 0.250. The van der Waals surface area contributed by atoms with Crippen molar-refractivity contribution in [2.45, 2.75) is 25.9 Å². The summed E-state index contributed by atoms with van der Waals surface area (Å²) in [7, 11) is 0. The quantitative estimate of drug-likeness (QED) is 0.909. The van der Waals surface area contributed by atoms with Gasteiger partial charge in [-0.05, 0) is 43.2 Å². The third-order valence-electron chi connectivity index (χ3n) is 3.43. The Kier molecular flexibility index (Phi) is 2.74. The molecule has 3 rings (SSSR count). The summed E-state index contributed by atoms with van der Waals surface area (Å²) >= 11 is 0. The lowest BCUT2D eigenvalue weighted by atomic mass is 9.96. The van der Waals surface area contributed by atoms with Crippen LogP contribution >= 0.6 is 0 Å². The van der Waals surface area contributed by atoms with Crippen LogP contribution in [0.5, 0.6) is 5.75 Å². The van der Waals surface area contributed by atoms with Crippen molar-refractivity contribution < 1.29 is 14.6 Å². The van der Waals surface area contributed by atoms with Gasteiger partial charge < -0.3 is 9.84 Å². The molecule has 0 saturated heterocycles. The molecule has 0 spiro atoms. The van der Waals surface area contributed by atoms with Gasteiger partial charge in [-0.25, -0.2) is 4.79 Å². The Bertz CT molecular complexity index is 692. The zero-order chi connectivity index (χ0) is 14.3. The second-order valence-electron chi connectivity index (χ2n) is 5.59. The van der Waals surface area contributed by atoms with E-state index < -0.39 is 5.97 Å². The maximum atomic E-state index is 11.3. The fourth-order valence-corrected chi connectivity index (χ4v) is 2.59. The van der Waals surface area contributed by atoms with Gasteiger partial charge in [-0.1, -0.05) is 6.07 Å². The minimum Gasteiger partial charge on any atom is -0.487 e. The first-order valence-corrected chi connectivity index (χ1v) is 6.46. The molecular formula is C16H15NO3. The average Bonchev–Trinajstić information content (AvgIpc) is 2.71. The number of hydrogen-bond donors (Lipinski definition) is 1. The summed E-state index contributed by atoms with van der Waals surface area (Å²) in [5.74, 6) is -0.0704. The molecule has 1 aliphatic rings. The highest BCUT2D eigenvalue weighted by atomic mass is 16.5. The molecule has 2 heterocycles. The largest absolute Gasteiger partial charge is 0.487 e. The van der Waals surface area contributed by atoms with Crippen molar-refractivity contribution in [2.75, 3.05) is 0 Å². The summed E-state index contributed by atoms with van der Waals surface area (Å²) in [4.78, 5) is 15.3. The molecule has 0 radical (unpaired) electrons. The van der Waals surface area contributed by atoms with Crippen LogP contribution in [0.25, 0.3) is 11.1 Å². The van der Waals surface area contributed by atoms with Crippen LogP contribution in [0.1, 0.15) is 29.8 Å². The van der Waals surface area contributed by atoms with Gasteiger partial charge >= 0.3 is 5.97 Å². The number of carboxylic acid groups (broad SMARTS) is 1. The first kappa shape index (κ1) is 12.7. The Morgan fingerprint density at radius 1 is 1.35 bits per heavy atom. The predicted molar refractivity (Wildman–Crippen MR) is 75.0 cm³/mol. The normalized spacial score (nSPS) is 15.5. The lowest BCUT2D eigenvalue weighted by molar-refractivity contribution is 0.0697. The SMILES string of the molecule is CC1(C)Cc2cc(-c3cnccc3C(=O)O)ccc2O1. The van der Waals surface area contributed by atoms with Crippen LogP contribution in [0.15, 0.2) is 36.7 Å². The van der Waals surface area contributed by atoms with Crippen LogP contribution in [-0.2, 0) is 6.42 Å². The van der Waals surface area contributed by atoms with Gasteiger partial charge in [0.2, 0.25) is 0 Å². The van der Waals surface area contributed by atoms with E-state index in [2.05, 4.69) is 4.98 Å². The van der Waals surface area contributed by atoms with E-state index >= 15 is 0 Å². The molecule has 2 aromatic rings. The van der Waals surface area contributed by atoms with Crippen molar-refractivity contribution in [1.29, 1.82) is 0 Å². The first-order chi connectivity index (χ1) is 9.46. The average molecular weight is 269 g/mol. The van der Waals surface area contributed by atoms with E-state index in [0.717, 1.165) is 23.3 Å². The number of aromatic carboxylic acids is 1. The van der Waals surface area contributed by atoms with Crippen molar-refractivity contribution in [2.24, 2.45) is 0 Å². The third-order valence-corrected chi connectivity index (χ3v) is 3.43. The topological polar surface area (TPSA) is 59.4 Å². The predicted octanol–water partition coefficient (Wildman–Crippen LogP) is 3.16. The van der Waals surface area contributed by atoms with Gasteiger partial charge in [0.05, 0.1) is 5.56 Å². The molecule has 0 saturated carbocycles. The molecule has 0 amide bonds. The van der Waals surface area contributed by atoms with E-state index in [-0.39, 0.29) is 11.2 Å². The Morgan fingerprint density at radius 3 is 2.90 bits per heavy atom. The van der Waals surface area contributed by atoms with Crippen LogP contribution in [0, 0.1) is 0 Å². The van der Waals surface area contributed by atoms with Crippen molar-refractivity contribution in [1.82, 2.24) is 4.98 Å². The molecule has 0 aliphatic carbocycles. The van der Waals surface area contributed by atoms with E-state index in [1.165, 1.54) is 12.3 Å². The monoisotopic (exact) mass is 269 g/mol. The molecule has 1 N–H and O–H groups in total. The molecule has 0 atom stereocenters. The molecule has 102 valence electrons. The van der Waals surface area contributed by atoms with Crippen LogP contribution < -0.4 is 4.74 Å². The number of nitrogens with zero attached hydrogens (tertiary/aromatic N) is 1. The maximum Gasteiger partial charge on any atom is 0.336 e. The number of benzene rings is 1. The number of carbonyl (C=O) groups is 1. The molecule has 1 aromatic carbocycles. The Morgan fingerprint density at radius 2 is 2.15 bits per heavy atom. The van der Waals surface area contributed by atoms with E-state index in [9.17, 15) is 9.90 Å². The van der Waals surface area contributed by atoms with E-state index in [4.69, 9.17) is 4.74 Å². The van der Waals surface area contributed by atoms with Gasteiger partial charge in [0.25, 0.3) is 0 Å². The Labute approximate surface area is 117 Å². The summed E-state index contributed by atoms with van der Waals surface area (Å²) in [6.45, 7) is 4.08. The highest BCUT2D eigenvalue weighted by Gasteiger charge is 2.30. The number of rotatable bonds is 2. The van der Waals surface area contributed by atoms with Crippen LogP contribution in [0.2, 0.25) is 0 Å². The minimum absolute atomic E-state index is 0.203. The summed E-state index contributed by atoms with van der Waals surface area (Å²) in [6.07, 6.45) is 3.90. The maximum absolute atomic E-state index is 11.3. The highest BCUT2D eigenvalue weighted by molar-refractivity contribution is 5.95. The smallest absolute Gasteiger partial charge is 0.336 e. The molecule has 1 aliphatic heterocycles. The van der Waals surface area contributed by atoms with Crippen molar-refractivity contribution in [3.05, 3.63) is 47.8 Å². The van der Waals surface area contributed by atoms with E-state index in [1.54, 1.807) is 6.20 Å². The fourth-order valence-electron chi connectivity index (χ4n) is 2.59. The van der Waals surface area contributed by atoms with Gasteiger partial charge in [0.15, 0.2) is 0 Å². The summed E-state index contributed by atoms with van der Waals surface area (Å²) < 4.78 is 5.83. The molecule has 4 heteroatoms. The van der Waals surface area contributed by atoms with Crippen molar-refractivity contribution >= 4 is 5.97 Å². The summed E-state index contributed by atoms with van der Waals surface area (Å²) in [5.41, 5.74) is 2.65. The summed E-state index contributed by atoms with van der Waals surface area (Å²) in [5, 5.41) is 9.25. The van der Waals surface area contributed by atoms with E-state index in [0.29, 0.717) is 5.56 Å². The minimum atomic E-state index is -0.945. The number of fused-ring (bicyclic) bond motifs is 1. The van der Waals surface area contributed by atoms with Crippen LogP contribution in [0.3, 0.4) is 0 Å². The van der Waals surface area contributed by atoms with Crippen LogP contribution in [0.4, 0.5) is 0 Å². The first-order valence-electron chi connectivity index (χ1n) is 6.46. The summed E-state index contributed by atoms with van der Waals surface area (Å²) in [6, 6.07) is 7.29. The number of carboxylic acids is 1. The second kappa shape index (κ2) is 4.34. The number of pyridine rings is 1. The van der Waals surface area contributed by atoms with Crippen LogP contribution in [-0.4, -0.2) is 21.7 Å². The van der Waals surface area contributed by atoms with Crippen molar-refractivity contribution in [3.8, 4) is 16.9 Å². The number of ether oxygens (including phenoxy) is 1. The van der Waals surface area contributed by atoms with Gasteiger partial charge in [-0.2, -0.15) is 0 Å².